The minimum atomic E-state index is -3.87. The zero-order chi connectivity index (χ0) is 15.6. The van der Waals surface area contributed by atoms with Crippen molar-refractivity contribution in [3.8, 4) is 0 Å². The van der Waals surface area contributed by atoms with Gasteiger partial charge >= 0.3 is 0 Å². The second kappa shape index (κ2) is 6.08. The first kappa shape index (κ1) is 15.9. The molecule has 5 nitrogen and oxygen atoms in total. The number of hydrogen-bond donors (Lipinski definition) is 2. The Hall–Kier alpha value is -1.51. The van der Waals surface area contributed by atoms with Crippen molar-refractivity contribution in [1.29, 1.82) is 0 Å². The average molecular weight is 329 g/mol. The lowest BCUT2D eigenvalue weighted by Gasteiger charge is -2.10. The van der Waals surface area contributed by atoms with Crippen molar-refractivity contribution < 1.29 is 12.8 Å². The first-order valence-electron chi connectivity index (χ1n) is 6.23. The minimum Gasteiger partial charge on any atom is -0.316 e. The normalized spacial score (nSPS) is 11.6. The van der Waals surface area contributed by atoms with Gasteiger partial charge in [-0.2, -0.15) is 0 Å². The van der Waals surface area contributed by atoms with E-state index in [-0.39, 0.29) is 10.0 Å². The summed E-state index contributed by atoms with van der Waals surface area (Å²) in [5.74, 6) is -0.596. The zero-order valence-electron chi connectivity index (χ0n) is 11.9. The van der Waals surface area contributed by atoms with Gasteiger partial charge in [0.15, 0.2) is 5.13 Å². The minimum absolute atomic E-state index is 0.0812. The van der Waals surface area contributed by atoms with Crippen molar-refractivity contribution in [2.24, 2.45) is 0 Å². The molecule has 0 radical (unpaired) electrons. The van der Waals surface area contributed by atoms with E-state index in [1.807, 2.05) is 6.92 Å². The third-order valence-electron chi connectivity index (χ3n) is 2.94. The SMILES string of the molecule is CNCc1ccc(F)cc1S(=O)(=O)Nc1nc(C)c(C)s1. The molecule has 1 heterocycles. The summed E-state index contributed by atoms with van der Waals surface area (Å²) in [7, 11) is -2.18. The monoisotopic (exact) mass is 329 g/mol. The number of rotatable bonds is 5. The van der Waals surface area contributed by atoms with E-state index in [2.05, 4.69) is 15.0 Å². The summed E-state index contributed by atoms with van der Waals surface area (Å²) < 4.78 is 40.7. The topological polar surface area (TPSA) is 71.1 Å². The molecule has 2 aromatic rings. The van der Waals surface area contributed by atoms with Crippen LogP contribution in [0.3, 0.4) is 0 Å². The number of benzene rings is 1. The lowest BCUT2D eigenvalue weighted by molar-refractivity contribution is 0.592. The highest BCUT2D eigenvalue weighted by molar-refractivity contribution is 7.93. The molecule has 0 spiro atoms. The smallest absolute Gasteiger partial charge is 0.264 e. The number of sulfonamides is 1. The fourth-order valence-electron chi connectivity index (χ4n) is 1.80. The van der Waals surface area contributed by atoms with E-state index in [4.69, 9.17) is 0 Å². The Morgan fingerprint density at radius 3 is 2.62 bits per heavy atom. The van der Waals surface area contributed by atoms with Gasteiger partial charge in [-0.3, -0.25) is 4.72 Å². The van der Waals surface area contributed by atoms with Gasteiger partial charge in [0.25, 0.3) is 10.0 Å². The number of nitrogens with zero attached hydrogens (tertiary/aromatic N) is 1. The van der Waals surface area contributed by atoms with E-state index in [0.717, 1.165) is 16.6 Å². The third-order valence-corrected chi connectivity index (χ3v) is 5.47. The van der Waals surface area contributed by atoms with Crippen molar-refractivity contribution in [2.75, 3.05) is 11.8 Å². The summed E-state index contributed by atoms with van der Waals surface area (Å²) in [6.45, 7) is 3.99. The van der Waals surface area contributed by atoms with E-state index in [1.165, 1.54) is 23.5 Å². The lowest BCUT2D eigenvalue weighted by atomic mass is 10.2. The van der Waals surface area contributed by atoms with Crippen molar-refractivity contribution in [2.45, 2.75) is 25.3 Å². The number of hydrogen-bond acceptors (Lipinski definition) is 5. The first-order chi connectivity index (χ1) is 9.83. The van der Waals surface area contributed by atoms with Crippen LogP contribution in [0.2, 0.25) is 0 Å². The molecule has 0 amide bonds. The van der Waals surface area contributed by atoms with Crippen LogP contribution in [0.4, 0.5) is 9.52 Å². The van der Waals surface area contributed by atoms with Crippen molar-refractivity contribution >= 4 is 26.5 Å². The molecular formula is C13H16FN3O2S2. The Kier molecular flexibility index (Phi) is 4.60. The number of aryl methyl sites for hydroxylation is 2. The Morgan fingerprint density at radius 1 is 1.33 bits per heavy atom. The van der Waals surface area contributed by atoms with E-state index < -0.39 is 15.8 Å². The molecule has 0 aliphatic carbocycles. The fourth-order valence-corrected chi connectivity index (χ4v) is 4.10. The standard InChI is InChI=1S/C13H16FN3O2S2/c1-8-9(2)20-13(16-8)17-21(18,19)12-6-11(14)5-4-10(12)7-15-3/h4-6,15H,7H2,1-3H3,(H,16,17). The Labute approximate surface area is 127 Å². The average Bonchev–Trinajstić information content (AvgIpc) is 2.69. The molecule has 21 heavy (non-hydrogen) atoms. The summed E-state index contributed by atoms with van der Waals surface area (Å²) >= 11 is 1.25. The molecule has 0 fully saturated rings. The molecule has 1 aromatic heterocycles. The molecule has 0 atom stereocenters. The molecule has 0 aliphatic heterocycles. The number of anilines is 1. The maximum absolute atomic E-state index is 13.4. The molecular weight excluding hydrogens is 313 g/mol. The summed E-state index contributed by atoms with van der Waals surface area (Å²) in [4.78, 5) is 4.99. The van der Waals surface area contributed by atoms with Crippen LogP contribution in [0.25, 0.3) is 0 Å². The van der Waals surface area contributed by atoms with E-state index >= 15 is 0 Å². The largest absolute Gasteiger partial charge is 0.316 e. The van der Waals surface area contributed by atoms with Crippen molar-refractivity contribution in [3.63, 3.8) is 0 Å². The molecule has 0 aliphatic rings. The number of thiazole rings is 1. The molecule has 8 heteroatoms. The highest BCUT2D eigenvalue weighted by Gasteiger charge is 2.21. The van der Waals surface area contributed by atoms with Crippen LogP contribution in [-0.4, -0.2) is 20.4 Å². The van der Waals surface area contributed by atoms with Gasteiger partial charge < -0.3 is 5.32 Å². The van der Waals surface area contributed by atoms with Gasteiger partial charge in [0.2, 0.25) is 0 Å². The quantitative estimate of drug-likeness (QED) is 0.884. The molecule has 1 aromatic carbocycles. The van der Waals surface area contributed by atoms with Crippen LogP contribution in [0, 0.1) is 19.7 Å². The van der Waals surface area contributed by atoms with E-state index in [0.29, 0.717) is 12.1 Å². The molecule has 114 valence electrons. The van der Waals surface area contributed by atoms with Gasteiger partial charge in [-0.05, 0) is 38.6 Å². The summed E-state index contributed by atoms with van der Waals surface area (Å²) in [5.41, 5.74) is 1.27. The van der Waals surface area contributed by atoms with Crippen molar-refractivity contribution in [3.05, 3.63) is 40.2 Å². The van der Waals surface area contributed by atoms with Crippen LogP contribution < -0.4 is 10.0 Å². The second-order valence-electron chi connectivity index (χ2n) is 4.55. The van der Waals surface area contributed by atoms with Gasteiger partial charge in [0, 0.05) is 11.4 Å². The van der Waals surface area contributed by atoms with Crippen LogP contribution in [0.15, 0.2) is 23.1 Å². The van der Waals surface area contributed by atoms with E-state index in [9.17, 15) is 12.8 Å². The second-order valence-corrected chi connectivity index (χ2v) is 7.40. The maximum atomic E-state index is 13.4. The van der Waals surface area contributed by atoms with Gasteiger partial charge in [-0.25, -0.2) is 17.8 Å². The Morgan fingerprint density at radius 2 is 2.05 bits per heavy atom. The predicted octanol–water partition coefficient (Wildman–Crippen LogP) is 2.42. The molecule has 2 rings (SSSR count). The van der Waals surface area contributed by atoms with Crippen molar-refractivity contribution in [1.82, 2.24) is 10.3 Å². The molecule has 0 bridgehead atoms. The van der Waals surface area contributed by atoms with Gasteiger partial charge in [0.05, 0.1) is 10.6 Å². The highest BCUT2D eigenvalue weighted by atomic mass is 32.2. The zero-order valence-corrected chi connectivity index (χ0v) is 13.5. The summed E-state index contributed by atoms with van der Waals surface area (Å²) in [6, 6.07) is 3.71. The van der Waals surface area contributed by atoms with Crippen LogP contribution in [-0.2, 0) is 16.6 Å². The Bertz CT molecular complexity index is 737. The number of nitrogens with one attached hydrogen (secondary N) is 2. The van der Waals surface area contributed by atoms with Crippen LogP contribution in [0.1, 0.15) is 16.1 Å². The first-order valence-corrected chi connectivity index (χ1v) is 8.53. The summed E-state index contributed by atoms with van der Waals surface area (Å²) in [6.07, 6.45) is 0. The lowest BCUT2D eigenvalue weighted by Crippen LogP contribution is -2.17. The highest BCUT2D eigenvalue weighted by Crippen LogP contribution is 2.25. The molecule has 2 N–H and O–H groups in total. The molecule has 0 unspecified atom stereocenters. The number of halogens is 1. The van der Waals surface area contributed by atoms with Gasteiger partial charge in [-0.15, -0.1) is 11.3 Å². The predicted molar refractivity (Wildman–Crippen MR) is 81.6 cm³/mol. The van der Waals surface area contributed by atoms with Crippen LogP contribution >= 0.6 is 11.3 Å². The summed E-state index contributed by atoms with van der Waals surface area (Å²) in [5, 5.41) is 3.15. The fraction of sp³-hybridized carbons (Fsp3) is 0.308. The number of aromatic nitrogens is 1. The third kappa shape index (κ3) is 3.58. The maximum Gasteiger partial charge on any atom is 0.264 e. The van der Waals surface area contributed by atoms with Gasteiger partial charge in [0.1, 0.15) is 5.82 Å². The van der Waals surface area contributed by atoms with Gasteiger partial charge in [-0.1, -0.05) is 6.07 Å². The molecule has 0 saturated heterocycles. The van der Waals surface area contributed by atoms with E-state index in [1.54, 1.807) is 14.0 Å². The Balaban J connectivity index is 2.41. The van der Waals surface area contributed by atoms with Crippen LogP contribution in [0.5, 0.6) is 0 Å². The molecule has 0 saturated carbocycles.